The van der Waals surface area contributed by atoms with Crippen LogP contribution in [0.25, 0.3) is 0 Å². The SMILES string of the molecule is O=C(CN1CCN(S(=O)(=O)c2cccs2)CC1)c1ccc[nH]1. The Bertz CT molecular complexity index is 715. The number of Topliss-reactive ketones (excluding diaryl/α,β-unsaturated/α-hetero) is 1. The number of hydrogen-bond acceptors (Lipinski definition) is 5. The molecule has 2 aromatic rings. The second-order valence-corrected chi connectivity index (χ2v) is 8.23. The van der Waals surface area contributed by atoms with Crippen molar-refractivity contribution in [2.24, 2.45) is 0 Å². The first-order valence-electron chi connectivity index (χ1n) is 7.00. The lowest BCUT2D eigenvalue weighted by atomic mass is 10.2. The fourth-order valence-corrected chi connectivity index (χ4v) is 5.02. The van der Waals surface area contributed by atoms with Crippen molar-refractivity contribution in [2.45, 2.75) is 4.21 Å². The molecule has 22 heavy (non-hydrogen) atoms. The minimum absolute atomic E-state index is 0.0274. The first-order chi connectivity index (χ1) is 10.6. The molecule has 0 bridgehead atoms. The second kappa shape index (κ2) is 6.33. The van der Waals surface area contributed by atoms with E-state index in [9.17, 15) is 13.2 Å². The van der Waals surface area contributed by atoms with Gasteiger partial charge in [-0.05, 0) is 23.6 Å². The van der Waals surface area contributed by atoms with Gasteiger partial charge in [-0.15, -0.1) is 11.3 Å². The maximum atomic E-state index is 12.4. The van der Waals surface area contributed by atoms with Crippen LogP contribution in [0.15, 0.2) is 40.1 Å². The van der Waals surface area contributed by atoms with E-state index < -0.39 is 10.0 Å². The van der Waals surface area contributed by atoms with Crippen molar-refractivity contribution in [3.8, 4) is 0 Å². The summed E-state index contributed by atoms with van der Waals surface area (Å²) >= 11 is 1.23. The third kappa shape index (κ3) is 3.14. The topological polar surface area (TPSA) is 73.5 Å². The molecule has 3 heterocycles. The van der Waals surface area contributed by atoms with E-state index >= 15 is 0 Å². The van der Waals surface area contributed by atoms with Gasteiger partial charge in [-0.25, -0.2) is 8.42 Å². The van der Waals surface area contributed by atoms with Gasteiger partial charge in [-0.3, -0.25) is 9.69 Å². The molecule has 0 spiro atoms. The number of piperazine rings is 1. The van der Waals surface area contributed by atoms with Gasteiger partial charge in [-0.1, -0.05) is 6.07 Å². The number of thiophene rings is 1. The standard InChI is InChI=1S/C14H17N3O3S2/c18-13(12-3-1-5-15-12)11-16-6-8-17(9-7-16)22(19,20)14-4-2-10-21-14/h1-5,10,15H,6-9,11H2. The van der Waals surface area contributed by atoms with E-state index in [-0.39, 0.29) is 5.78 Å². The van der Waals surface area contributed by atoms with Crippen molar-refractivity contribution in [3.05, 3.63) is 41.5 Å². The first-order valence-corrected chi connectivity index (χ1v) is 9.32. The highest BCUT2D eigenvalue weighted by Gasteiger charge is 2.29. The zero-order chi connectivity index (χ0) is 15.6. The smallest absolute Gasteiger partial charge is 0.252 e. The van der Waals surface area contributed by atoms with E-state index in [1.807, 2.05) is 4.90 Å². The summed E-state index contributed by atoms with van der Waals surface area (Å²) in [6, 6.07) is 6.91. The third-order valence-electron chi connectivity index (χ3n) is 3.69. The maximum absolute atomic E-state index is 12.4. The Morgan fingerprint density at radius 1 is 1.18 bits per heavy atom. The minimum Gasteiger partial charge on any atom is -0.359 e. The van der Waals surface area contributed by atoms with Crippen LogP contribution in [0.2, 0.25) is 0 Å². The average molecular weight is 339 g/mol. The van der Waals surface area contributed by atoms with Crippen LogP contribution in [0.3, 0.4) is 0 Å². The molecule has 1 N–H and O–H groups in total. The number of ketones is 1. The van der Waals surface area contributed by atoms with Crippen LogP contribution in [0.1, 0.15) is 10.5 Å². The number of carbonyl (C=O) groups is 1. The number of hydrogen-bond donors (Lipinski definition) is 1. The van der Waals surface area contributed by atoms with Gasteiger partial charge < -0.3 is 4.98 Å². The Hall–Kier alpha value is -1.48. The lowest BCUT2D eigenvalue weighted by Crippen LogP contribution is -2.49. The van der Waals surface area contributed by atoms with Crippen LogP contribution < -0.4 is 0 Å². The molecular weight excluding hydrogens is 322 g/mol. The molecule has 2 aromatic heterocycles. The summed E-state index contributed by atoms with van der Waals surface area (Å²) in [4.78, 5) is 16.9. The molecule has 1 aliphatic heterocycles. The van der Waals surface area contributed by atoms with E-state index in [2.05, 4.69) is 4.98 Å². The Kier molecular flexibility index (Phi) is 4.44. The molecule has 6 nitrogen and oxygen atoms in total. The van der Waals surface area contributed by atoms with Crippen molar-refractivity contribution < 1.29 is 13.2 Å². The zero-order valence-corrected chi connectivity index (χ0v) is 13.6. The van der Waals surface area contributed by atoms with Crippen LogP contribution >= 0.6 is 11.3 Å². The lowest BCUT2D eigenvalue weighted by Gasteiger charge is -2.33. The molecule has 118 valence electrons. The van der Waals surface area contributed by atoms with Gasteiger partial charge in [0.25, 0.3) is 10.0 Å². The first kappa shape index (κ1) is 15.4. The van der Waals surface area contributed by atoms with Crippen molar-refractivity contribution in [3.63, 3.8) is 0 Å². The van der Waals surface area contributed by atoms with E-state index in [1.54, 1.807) is 35.8 Å². The molecule has 0 atom stereocenters. The van der Waals surface area contributed by atoms with Gasteiger partial charge in [0.1, 0.15) is 4.21 Å². The molecule has 1 aliphatic rings. The molecular formula is C14H17N3O3S2. The van der Waals surface area contributed by atoms with Gasteiger partial charge in [0.05, 0.1) is 12.2 Å². The fraction of sp³-hybridized carbons (Fsp3) is 0.357. The molecule has 0 aliphatic carbocycles. The Labute approximate surface area is 133 Å². The maximum Gasteiger partial charge on any atom is 0.252 e. The van der Waals surface area contributed by atoms with E-state index in [4.69, 9.17) is 0 Å². The van der Waals surface area contributed by atoms with Gasteiger partial charge in [0, 0.05) is 32.4 Å². The molecule has 1 fully saturated rings. The number of nitrogens with one attached hydrogen (secondary N) is 1. The minimum atomic E-state index is -3.38. The average Bonchev–Trinajstić information content (AvgIpc) is 3.21. The molecule has 0 unspecified atom stereocenters. The number of H-pyrrole nitrogens is 1. The molecule has 1 saturated heterocycles. The van der Waals surface area contributed by atoms with Gasteiger partial charge in [-0.2, -0.15) is 4.31 Å². The van der Waals surface area contributed by atoms with Gasteiger partial charge in [0.15, 0.2) is 5.78 Å². The number of carbonyl (C=O) groups excluding carboxylic acids is 1. The van der Waals surface area contributed by atoms with Gasteiger partial charge in [0.2, 0.25) is 0 Å². The number of nitrogens with zero attached hydrogens (tertiary/aromatic N) is 2. The second-order valence-electron chi connectivity index (χ2n) is 5.12. The largest absolute Gasteiger partial charge is 0.359 e. The van der Waals surface area contributed by atoms with Crippen LogP contribution in [0, 0.1) is 0 Å². The van der Waals surface area contributed by atoms with E-state index in [1.165, 1.54) is 15.6 Å². The van der Waals surface area contributed by atoms with Crippen LogP contribution in [-0.2, 0) is 10.0 Å². The Balaban J connectivity index is 1.58. The Morgan fingerprint density at radius 2 is 1.95 bits per heavy atom. The highest BCUT2D eigenvalue weighted by molar-refractivity contribution is 7.91. The Morgan fingerprint density at radius 3 is 2.55 bits per heavy atom. The summed E-state index contributed by atoms with van der Waals surface area (Å²) in [6.07, 6.45) is 1.72. The highest BCUT2D eigenvalue weighted by Crippen LogP contribution is 2.22. The molecule has 3 rings (SSSR count). The third-order valence-corrected chi connectivity index (χ3v) is 6.96. The summed E-state index contributed by atoms with van der Waals surface area (Å²) in [7, 11) is -3.38. The normalized spacial score (nSPS) is 17.6. The monoisotopic (exact) mass is 339 g/mol. The molecule has 0 aromatic carbocycles. The quantitative estimate of drug-likeness (QED) is 0.833. The fourth-order valence-electron chi connectivity index (χ4n) is 2.46. The summed E-state index contributed by atoms with van der Waals surface area (Å²) in [5.41, 5.74) is 0.591. The molecule has 0 radical (unpaired) electrons. The number of aromatic nitrogens is 1. The highest BCUT2D eigenvalue weighted by atomic mass is 32.2. The number of sulfonamides is 1. The summed E-state index contributed by atoms with van der Waals surface area (Å²) in [5.74, 6) is 0.0274. The van der Waals surface area contributed by atoms with Crippen molar-refractivity contribution in [2.75, 3.05) is 32.7 Å². The summed E-state index contributed by atoms with van der Waals surface area (Å²) < 4.78 is 26.7. The number of aromatic amines is 1. The van der Waals surface area contributed by atoms with Crippen molar-refractivity contribution in [1.82, 2.24) is 14.2 Å². The van der Waals surface area contributed by atoms with Gasteiger partial charge >= 0.3 is 0 Å². The lowest BCUT2D eigenvalue weighted by molar-refractivity contribution is 0.0897. The summed E-state index contributed by atoms with van der Waals surface area (Å²) in [5, 5.41) is 1.76. The predicted molar refractivity (Wildman–Crippen MR) is 84.6 cm³/mol. The number of rotatable bonds is 5. The van der Waals surface area contributed by atoms with E-state index in [0.717, 1.165) is 0 Å². The van der Waals surface area contributed by atoms with Crippen LogP contribution in [0.4, 0.5) is 0 Å². The predicted octanol–water partition coefficient (Wildman–Crippen LogP) is 1.27. The molecule has 8 heteroatoms. The zero-order valence-electron chi connectivity index (χ0n) is 11.9. The molecule has 0 saturated carbocycles. The molecule has 0 amide bonds. The van der Waals surface area contributed by atoms with Crippen molar-refractivity contribution >= 4 is 27.1 Å². The van der Waals surface area contributed by atoms with E-state index in [0.29, 0.717) is 42.6 Å². The van der Waals surface area contributed by atoms with Crippen molar-refractivity contribution in [1.29, 1.82) is 0 Å². The summed E-state index contributed by atoms with van der Waals surface area (Å²) in [6.45, 7) is 2.28. The van der Waals surface area contributed by atoms with Crippen LogP contribution in [0.5, 0.6) is 0 Å². The van der Waals surface area contributed by atoms with Crippen LogP contribution in [-0.4, -0.2) is 61.1 Å².